The Balaban J connectivity index is 2.55. The summed E-state index contributed by atoms with van der Waals surface area (Å²) in [6, 6.07) is 6.43. The van der Waals surface area contributed by atoms with E-state index in [-0.39, 0.29) is 25.9 Å². The van der Waals surface area contributed by atoms with E-state index >= 15 is 0 Å². The van der Waals surface area contributed by atoms with Gasteiger partial charge < -0.3 is 15.2 Å². The van der Waals surface area contributed by atoms with E-state index in [4.69, 9.17) is 4.74 Å². The van der Waals surface area contributed by atoms with Crippen molar-refractivity contribution in [2.75, 3.05) is 6.61 Å². The number of benzene rings is 1. The Morgan fingerprint density at radius 1 is 1.27 bits per heavy atom. The number of esters is 1. The molecule has 0 aromatic heterocycles. The van der Waals surface area contributed by atoms with E-state index in [1.165, 1.54) is 0 Å². The number of rotatable bonds is 8. The van der Waals surface area contributed by atoms with E-state index in [0.717, 1.165) is 11.1 Å². The van der Waals surface area contributed by atoms with E-state index < -0.39 is 23.9 Å². The van der Waals surface area contributed by atoms with Crippen molar-refractivity contribution < 1.29 is 24.2 Å². The van der Waals surface area contributed by atoms with Gasteiger partial charge in [0.15, 0.2) is 0 Å². The van der Waals surface area contributed by atoms with Crippen LogP contribution in [0.25, 0.3) is 0 Å². The number of hydrogen-bond donors (Lipinski definition) is 2. The first-order chi connectivity index (χ1) is 10.4. The molecule has 6 nitrogen and oxygen atoms in total. The summed E-state index contributed by atoms with van der Waals surface area (Å²) in [6.45, 7) is 3.85. The van der Waals surface area contributed by atoms with Crippen LogP contribution in [-0.2, 0) is 25.5 Å². The predicted octanol–water partition coefficient (Wildman–Crippen LogP) is 1.45. The van der Waals surface area contributed by atoms with E-state index in [0.29, 0.717) is 0 Å². The van der Waals surface area contributed by atoms with Crippen LogP contribution in [0.4, 0.5) is 0 Å². The third-order valence-electron chi connectivity index (χ3n) is 3.02. The van der Waals surface area contributed by atoms with Crippen LogP contribution in [0.3, 0.4) is 0 Å². The van der Waals surface area contributed by atoms with Gasteiger partial charge in [-0.2, -0.15) is 0 Å². The molecule has 120 valence electrons. The minimum absolute atomic E-state index is 0.0591. The molecule has 0 saturated heterocycles. The molecule has 1 rings (SSSR count). The fourth-order valence-electron chi connectivity index (χ4n) is 1.99. The molecule has 1 atom stereocenters. The number of hydrogen-bond acceptors (Lipinski definition) is 4. The maximum Gasteiger partial charge on any atom is 0.326 e. The molecule has 1 aromatic rings. The van der Waals surface area contributed by atoms with Crippen LogP contribution >= 0.6 is 0 Å². The highest BCUT2D eigenvalue weighted by atomic mass is 16.5. The number of carbonyl (C=O) groups is 3. The Hall–Kier alpha value is -2.37. The minimum Gasteiger partial charge on any atom is -0.480 e. The SMILES string of the molecule is CCOC(=O)CCC(=O)N[C@@H](Cc1cccc(C)c1)C(=O)O. The molecular weight excluding hydrogens is 286 g/mol. The maximum atomic E-state index is 11.7. The highest BCUT2D eigenvalue weighted by Gasteiger charge is 2.20. The number of nitrogens with one attached hydrogen (secondary N) is 1. The normalized spacial score (nSPS) is 11.5. The summed E-state index contributed by atoms with van der Waals surface area (Å²) in [4.78, 5) is 34.2. The Kier molecular flexibility index (Phi) is 7.08. The van der Waals surface area contributed by atoms with Crippen LogP contribution in [0.2, 0.25) is 0 Å². The van der Waals surface area contributed by atoms with Crippen LogP contribution in [0, 0.1) is 6.92 Å². The van der Waals surface area contributed by atoms with Gasteiger partial charge in [0.25, 0.3) is 0 Å². The molecule has 0 saturated carbocycles. The number of carboxylic acid groups (broad SMARTS) is 1. The molecule has 22 heavy (non-hydrogen) atoms. The standard InChI is InChI=1S/C16H21NO5/c1-3-22-15(19)8-7-14(18)17-13(16(20)21)10-12-6-4-5-11(2)9-12/h4-6,9,13H,3,7-8,10H2,1-2H3,(H,17,18)(H,20,21)/t13-/m0/s1. The summed E-state index contributed by atoms with van der Waals surface area (Å²) >= 11 is 0. The van der Waals surface area contributed by atoms with Gasteiger partial charge in [-0.25, -0.2) is 4.79 Å². The first-order valence-electron chi connectivity index (χ1n) is 7.15. The minimum atomic E-state index is -1.11. The smallest absolute Gasteiger partial charge is 0.326 e. The molecule has 0 unspecified atom stereocenters. The van der Waals surface area contributed by atoms with Crippen molar-refractivity contribution in [2.24, 2.45) is 0 Å². The van der Waals surface area contributed by atoms with E-state index in [1.807, 2.05) is 31.2 Å². The van der Waals surface area contributed by atoms with Crippen LogP contribution in [0.15, 0.2) is 24.3 Å². The largest absolute Gasteiger partial charge is 0.480 e. The lowest BCUT2D eigenvalue weighted by Crippen LogP contribution is -2.42. The molecule has 0 aliphatic heterocycles. The summed E-state index contributed by atoms with van der Waals surface area (Å²) in [5.74, 6) is -2.05. The van der Waals surface area contributed by atoms with Crippen molar-refractivity contribution in [3.05, 3.63) is 35.4 Å². The number of carbonyl (C=O) groups excluding carboxylic acids is 2. The van der Waals surface area contributed by atoms with E-state index in [9.17, 15) is 19.5 Å². The maximum absolute atomic E-state index is 11.7. The molecular formula is C16H21NO5. The fraction of sp³-hybridized carbons (Fsp3) is 0.438. The fourth-order valence-corrected chi connectivity index (χ4v) is 1.99. The highest BCUT2D eigenvalue weighted by Crippen LogP contribution is 2.07. The Bertz CT molecular complexity index is 541. The van der Waals surface area contributed by atoms with Gasteiger partial charge >= 0.3 is 11.9 Å². The van der Waals surface area contributed by atoms with Crippen molar-refractivity contribution in [3.63, 3.8) is 0 Å². The van der Waals surface area contributed by atoms with E-state index in [1.54, 1.807) is 6.92 Å². The Labute approximate surface area is 129 Å². The zero-order chi connectivity index (χ0) is 16.5. The van der Waals surface area contributed by atoms with E-state index in [2.05, 4.69) is 5.32 Å². The molecule has 6 heteroatoms. The van der Waals surface area contributed by atoms with Crippen molar-refractivity contribution in [1.82, 2.24) is 5.32 Å². The van der Waals surface area contributed by atoms with Crippen molar-refractivity contribution in [3.8, 4) is 0 Å². The number of aliphatic carboxylic acids is 1. The third kappa shape index (κ3) is 6.39. The second-order valence-corrected chi connectivity index (χ2v) is 4.96. The Morgan fingerprint density at radius 2 is 2.00 bits per heavy atom. The second kappa shape index (κ2) is 8.81. The topological polar surface area (TPSA) is 92.7 Å². The van der Waals surface area contributed by atoms with Crippen molar-refractivity contribution in [1.29, 1.82) is 0 Å². The van der Waals surface area contributed by atoms with Crippen molar-refractivity contribution >= 4 is 17.8 Å². The average Bonchev–Trinajstić information content (AvgIpc) is 2.45. The van der Waals surface area contributed by atoms with Gasteiger partial charge in [0.2, 0.25) is 5.91 Å². The highest BCUT2D eigenvalue weighted by molar-refractivity contribution is 5.85. The first-order valence-corrected chi connectivity index (χ1v) is 7.15. The Morgan fingerprint density at radius 3 is 2.59 bits per heavy atom. The third-order valence-corrected chi connectivity index (χ3v) is 3.02. The number of carboxylic acids is 1. The molecule has 0 heterocycles. The van der Waals surface area contributed by atoms with Gasteiger partial charge in [-0.3, -0.25) is 9.59 Å². The lowest BCUT2D eigenvalue weighted by Gasteiger charge is -2.15. The lowest BCUT2D eigenvalue weighted by atomic mass is 10.0. The molecule has 1 amide bonds. The first kappa shape index (κ1) is 17.7. The molecule has 0 fully saturated rings. The molecule has 2 N–H and O–H groups in total. The number of aryl methyl sites for hydroxylation is 1. The summed E-state index contributed by atoms with van der Waals surface area (Å²) < 4.78 is 4.72. The van der Waals surface area contributed by atoms with Gasteiger partial charge in [0.1, 0.15) is 6.04 Å². The van der Waals surface area contributed by atoms with Crippen LogP contribution in [0.5, 0.6) is 0 Å². The molecule has 0 aliphatic carbocycles. The molecule has 0 spiro atoms. The summed E-state index contributed by atoms with van der Waals surface area (Å²) in [5.41, 5.74) is 1.85. The lowest BCUT2D eigenvalue weighted by molar-refractivity contribution is -0.144. The molecule has 0 radical (unpaired) electrons. The summed E-state index contributed by atoms with van der Waals surface area (Å²) in [5, 5.41) is 11.6. The van der Waals surface area contributed by atoms with Crippen LogP contribution in [-0.4, -0.2) is 35.6 Å². The zero-order valence-corrected chi connectivity index (χ0v) is 12.8. The zero-order valence-electron chi connectivity index (χ0n) is 12.8. The molecule has 0 bridgehead atoms. The molecule has 0 aliphatic rings. The number of amides is 1. The number of ether oxygens (including phenoxy) is 1. The van der Waals surface area contributed by atoms with Crippen molar-refractivity contribution in [2.45, 2.75) is 39.2 Å². The van der Waals surface area contributed by atoms with Gasteiger partial charge in [-0.1, -0.05) is 29.8 Å². The van der Waals surface area contributed by atoms with Gasteiger partial charge in [-0.05, 0) is 19.4 Å². The molecule has 1 aromatic carbocycles. The monoisotopic (exact) mass is 307 g/mol. The summed E-state index contributed by atoms with van der Waals surface area (Å²) in [6.07, 6.45) is 0.0506. The van der Waals surface area contributed by atoms with Gasteiger partial charge in [0, 0.05) is 12.8 Å². The quantitative estimate of drug-likeness (QED) is 0.709. The van der Waals surface area contributed by atoms with Crippen LogP contribution in [0.1, 0.15) is 30.9 Å². The van der Waals surface area contributed by atoms with Gasteiger partial charge in [0.05, 0.1) is 13.0 Å². The summed E-state index contributed by atoms with van der Waals surface area (Å²) in [7, 11) is 0. The van der Waals surface area contributed by atoms with Gasteiger partial charge in [-0.15, -0.1) is 0 Å². The predicted molar refractivity (Wildman–Crippen MR) is 80.3 cm³/mol. The van der Waals surface area contributed by atoms with Crippen LogP contribution < -0.4 is 5.32 Å². The second-order valence-electron chi connectivity index (χ2n) is 4.96. The average molecular weight is 307 g/mol.